The number of pyridine rings is 1. The van der Waals surface area contributed by atoms with Crippen LogP contribution in [0.5, 0.6) is 0 Å². The Kier molecular flexibility index (Phi) is 3.53. The number of hydrogen-bond acceptors (Lipinski definition) is 5. The Morgan fingerprint density at radius 2 is 1.61 bits per heavy atom. The van der Waals surface area contributed by atoms with Crippen molar-refractivity contribution in [3.8, 4) is 0 Å². The molecular weight excluding hydrogens is 336 g/mol. The van der Waals surface area contributed by atoms with E-state index in [2.05, 4.69) is 4.98 Å². The maximum atomic E-state index is 12.7. The molecule has 0 spiro atoms. The van der Waals surface area contributed by atoms with Crippen LogP contribution in [-0.2, 0) is 19.9 Å². The van der Waals surface area contributed by atoms with E-state index in [1.54, 1.807) is 12.1 Å². The third-order valence-electron chi connectivity index (χ3n) is 3.47. The molecular formula is C15H14N2O4S2. The van der Waals surface area contributed by atoms with Crippen molar-refractivity contribution in [3.63, 3.8) is 0 Å². The van der Waals surface area contributed by atoms with Crippen LogP contribution in [0.15, 0.2) is 58.6 Å². The lowest BCUT2D eigenvalue weighted by Crippen LogP contribution is -2.12. The van der Waals surface area contributed by atoms with Crippen LogP contribution >= 0.6 is 0 Å². The predicted molar refractivity (Wildman–Crippen MR) is 86.6 cm³/mol. The van der Waals surface area contributed by atoms with Gasteiger partial charge in [0.25, 0.3) is 10.0 Å². The molecule has 0 aliphatic heterocycles. The van der Waals surface area contributed by atoms with E-state index in [1.807, 2.05) is 6.92 Å². The maximum Gasteiger partial charge on any atom is 0.269 e. The van der Waals surface area contributed by atoms with Gasteiger partial charge in [-0.25, -0.2) is 25.8 Å². The molecule has 120 valence electrons. The molecule has 0 saturated heterocycles. The summed E-state index contributed by atoms with van der Waals surface area (Å²) >= 11 is 0. The fourth-order valence-corrected chi connectivity index (χ4v) is 4.09. The summed E-state index contributed by atoms with van der Waals surface area (Å²) in [6.45, 7) is 1.87. The molecule has 0 aliphatic carbocycles. The van der Waals surface area contributed by atoms with E-state index < -0.39 is 19.9 Å². The van der Waals surface area contributed by atoms with Crippen molar-refractivity contribution in [1.82, 2.24) is 8.96 Å². The number of fused-ring (bicyclic) bond motifs is 1. The Bertz CT molecular complexity index is 1100. The quantitative estimate of drug-likeness (QED) is 0.721. The van der Waals surface area contributed by atoms with Crippen molar-refractivity contribution >= 4 is 30.9 Å². The Labute approximate surface area is 134 Å². The number of sulfone groups is 1. The first-order chi connectivity index (χ1) is 10.7. The van der Waals surface area contributed by atoms with E-state index in [-0.39, 0.29) is 15.4 Å². The van der Waals surface area contributed by atoms with Crippen LogP contribution < -0.4 is 0 Å². The van der Waals surface area contributed by atoms with Crippen LogP contribution in [0.25, 0.3) is 11.0 Å². The van der Waals surface area contributed by atoms with Crippen molar-refractivity contribution < 1.29 is 16.8 Å². The lowest BCUT2D eigenvalue weighted by Gasteiger charge is -2.07. The van der Waals surface area contributed by atoms with Gasteiger partial charge >= 0.3 is 0 Å². The first-order valence-electron chi connectivity index (χ1n) is 6.69. The fraction of sp³-hybridized carbons (Fsp3) is 0.133. The molecule has 0 atom stereocenters. The van der Waals surface area contributed by atoms with Gasteiger partial charge < -0.3 is 0 Å². The zero-order chi connectivity index (χ0) is 16.8. The molecule has 2 aromatic heterocycles. The smallest absolute Gasteiger partial charge is 0.236 e. The van der Waals surface area contributed by atoms with E-state index in [0.29, 0.717) is 5.39 Å². The summed E-state index contributed by atoms with van der Waals surface area (Å²) in [6.07, 6.45) is 3.62. The van der Waals surface area contributed by atoms with Gasteiger partial charge in [-0.15, -0.1) is 0 Å². The lowest BCUT2D eigenvalue weighted by molar-refractivity contribution is 0.588. The van der Waals surface area contributed by atoms with Gasteiger partial charge in [0.2, 0.25) is 0 Å². The minimum Gasteiger partial charge on any atom is -0.236 e. The van der Waals surface area contributed by atoms with Crippen molar-refractivity contribution in [2.24, 2.45) is 0 Å². The molecule has 0 amide bonds. The zero-order valence-electron chi connectivity index (χ0n) is 12.5. The largest absolute Gasteiger partial charge is 0.269 e. The first-order valence-corrected chi connectivity index (χ1v) is 10.0. The highest BCUT2D eigenvalue weighted by Crippen LogP contribution is 2.23. The molecule has 3 rings (SSSR count). The highest BCUT2D eigenvalue weighted by atomic mass is 32.2. The molecule has 0 saturated carbocycles. The van der Waals surface area contributed by atoms with Gasteiger partial charge in [-0.1, -0.05) is 17.7 Å². The van der Waals surface area contributed by atoms with Gasteiger partial charge in [-0.05, 0) is 31.2 Å². The fourth-order valence-electron chi connectivity index (χ4n) is 2.20. The van der Waals surface area contributed by atoms with Gasteiger partial charge in [-0.3, -0.25) is 0 Å². The molecule has 0 unspecified atom stereocenters. The van der Waals surface area contributed by atoms with Gasteiger partial charge in [-0.2, -0.15) is 0 Å². The Morgan fingerprint density at radius 3 is 2.22 bits per heavy atom. The van der Waals surface area contributed by atoms with E-state index >= 15 is 0 Å². The minimum absolute atomic E-state index is 0.0514. The molecule has 0 aliphatic rings. The third kappa shape index (κ3) is 2.75. The number of benzene rings is 1. The van der Waals surface area contributed by atoms with Crippen molar-refractivity contribution in [1.29, 1.82) is 0 Å². The molecule has 0 bridgehead atoms. The molecule has 6 nitrogen and oxygen atoms in total. The number of rotatable bonds is 3. The van der Waals surface area contributed by atoms with E-state index in [4.69, 9.17) is 0 Å². The van der Waals surface area contributed by atoms with Gasteiger partial charge in [0.15, 0.2) is 15.5 Å². The molecule has 8 heteroatoms. The summed E-state index contributed by atoms with van der Waals surface area (Å²) < 4.78 is 49.6. The Hall–Kier alpha value is -2.19. The maximum absolute atomic E-state index is 12.7. The van der Waals surface area contributed by atoms with Crippen LogP contribution in [0.1, 0.15) is 5.56 Å². The first kappa shape index (κ1) is 15.7. The molecule has 0 radical (unpaired) electrons. The van der Waals surface area contributed by atoms with Crippen LogP contribution in [-0.4, -0.2) is 32.0 Å². The van der Waals surface area contributed by atoms with E-state index in [0.717, 1.165) is 15.8 Å². The monoisotopic (exact) mass is 350 g/mol. The molecule has 0 fully saturated rings. The van der Waals surface area contributed by atoms with Crippen molar-refractivity contribution in [2.75, 3.05) is 6.26 Å². The average molecular weight is 350 g/mol. The van der Waals surface area contributed by atoms with Crippen LogP contribution in [0.3, 0.4) is 0 Å². The number of aryl methyl sites for hydroxylation is 1. The molecule has 0 N–H and O–H groups in total. The highest BCUT2D eigenvalue weighted by Gasteiger charge is 2.20. The Morgan fingerprint density at radius 1 is 0.957 bits per heavy atom. The summed E-state index contributed by atoms with van der Waals surface area (Å²) in [5.41, 5.74) is 1.15. The van der Waals surface area contributed by atoms with Gasteiger partial charge in [0, 0.05) is 24.0 Å². The van der Waals surface area contributed by atoms with Crippen molar-refractivity contribution in [2.45, 2.75) is 16.7 Å². The summed E-state index contributed by atoms with van der Waals surface area (Å²) in [7, 11) is -7.18. The summed E-state index contributed by atoms with van der Waals surface area (Å²) in [6, 6.07) is 9.44. The second-order valence-electron chi connectivity index (χ2n) is 5.29. The summed E-state index contributed by atoms with van der Waals surface area (Å²) in [5, 5.41) is 0.448. The minimum atomic E-state index is -3.78. The Balaban J connectivity index is 2.19. The predicted octanol–water partition coefficient (Wildman–Crippen LogP) is 1.99. The van der Waals surface area contributed by atoms with Gasteiger partial charge in [0.05, 0.1) is 9.79 Å². The zero-order valence-corrected chi connectivity index (χ0v) is 14.1. The van der Waals surface area contributed by atoms with Gasteiger partial charge in [0.1, 0.15) is 0 Å². The molecule has 2 heterocycles. The number of hydrogen-bond donors (Lipinski definition) is 0. The summed E-state index contributed by atoms with van der Waals surface area (Å²) in [4.78, 5) is 4.22. The summed E-state index contributed by atoms with van der Waals surface area (Å²) in [5.74, 6) is 0. The van der Waals surface area contributed by atoms with E-state index in [1.165, 1.54) is 36.7 Å². The highest BCUT2D eigenvalue weighted by molar-refractivity contribution is 7.90. The van der Waals surface area contributed by atoms with E-state index in [9.17, 15) is 16.8 Å². The van der Waals surface area contributed by atoms with Crippen LogP contribution in [0.4, 0.5) is 0 Å². The van der Waals surface area contributed by atoms with Crippen LogP contribution in [0.2, 0.25) is 0 Å². The number of nitrogens with zero attached hydrogens (tertiary/aromatic N) is 2. The SMILES string of the molecule is Cc1ccc(S(=O)(=O)n2ccc3cc(S(C)(=O)=O)cnc32)cc1. The standard InChI is InChI=1S/C15H14N2O4S2/c1-11-3-5-13(6-4-11)23(20,21)17-8-7-12-9-14(22(2,18)19)10-16-15(12)17/h3-10H,1-2H3. The normalized spacial score (nSPS) is 12.6. The van der Waals surface area contributed by atoms with Crippen LogP contribution in [0, 0.1) is 6.92 Å². The second-order valence-corrected chi connectivity index (χ2v) is 9.12. The number of aromatic nitrogens is 2. The molecule has 1 aromatic carbocycles. The molecule has 3 aromatic rings. The molecule has 23 heavy (non-hydrogen) atoms. The lowest BCUT2D eigenvalue weighted by atomic mass is 10.2. The average Bonchev–Trinajstić information content (AvgIpc) is 2.90. The third-order valence-corrected chi connectivity index (χ3v) is 6.23. The second kappa shape index (κ2) is 5.17. The topological polar surface area (TPSA) is 86.1 Å². The van der Waals surface area contributed by atoms with Crippen molar-refractivity contribution in [3.05, 3.63) is 54.4 Å².